The van der Waals surface area contributed by atoms with Crippen LogP contribution < -0.4 is 4.90 Å². The molecule has 11 aromatic rings. The molecule has 10 aromatic carbocycles. The van der Waals surface area contributed by atoms with E-state index in [1.54, 1.807) is 0 Å². The number of rotatable bonds is 6. The molecule has 0 saturated heterocycles. The highest BCUT2D eigenvalue weighted by Crippen LogP contribution is 2.48. The maximum atomic E-state index is 2.49. The zero-order valence-corrected chi connectivity index (χ0v) is 30.7. The Balaban J connectivity index is 1.15. The second-order valence-corrected chi connectivity index (χ2v) is 14.5. The molecule has 11 rings (SSSR count). The second-order valence-electron chi connectivity index (χ2n) is 14.5. The first-order valence-corrected chi connectivity index (χ1v) is 19.3. The second kappa shape index (κ2) is 13.2. The fourth-order valence-corrected chi connectivity index (χ4v) is 8.89. The minimum absolute atomic E-state index is 1.13. The molecule has 1 aromatic heterocycles. The number of hydrogen-bond donors (Lipinski definition) is 0. The molecule has 262 valence electrons. The molecule has 1 heterocycles. The van der Waals surface area contributed by atoms with Crippen LogP contribution in [-0.2, 0) is 0 Å². The van der Waals surface area contributed by atoms with Gasteiger partial charge in [-0.3, -0.25) is 0 Å². The van der Waals surface area contributed by atoms with Crippen LogP contribution in [0.3, 0.4) is 0 Å². The topological polar surface area (TPSA) is 8.17 Å². The summed E-state index contributed by atoms with van der Waals surface area (Å²) >= 11 is 0. The molecule has 0 radical (unpaired) electrons. The Morgan fingerprint density at radius 1 is 0.304 bits per heavy atom. The highest BCUT2D eigenvalue weighted by molar-refractivity contribution is 6.17. The van der Waals surface area contributed by atoms with E-state index in [1.165, 1.54) is 70.8 Å². The Kier molecular flexibility index (Phi) is 7.53. The van der Waals surface area contributed by atoms with E-state index in [2.05, 4.69) is 228 Å². The van der Waals surface area contributed by atoms with Gasteiger partial charge in [-0.05, 0) is 86.8 Å². The van der Waals surface area contributed by atoms with E-state index in [0.717, 1.165) is 28.3 Å². The van der Waals surface area contributed by atoms with Gasteiger partial charge in [0.15, 0.2) is 0 Å². The third-order valence-corrected chi connectivity index (χ3v) is 11.3. The number of aromatic nitrogens is 1. The van der Waals surface area contributed by atoms with Crippen molar-refractivity contribution < 1.29 is 0 Å². The van der Waals surface area contributed by atoms with Gasteiger partial charge in [-0.2, -0.15) is 0 Å². The van der Waals surface area contributed by atoms with Crippen LogP contribution in [0.4, 0.5) is 17.1 Å². The Hall–Kier alpha value is -7.42. The van der Waals surface area contributed by atoms with Crippen LogP contribution in [0.1, 0.15) is 0 Å². The first kappa shape index (κ1) is 32.0. The van der Waals surface area contributed by atoms with Crippen molar-refractivity contribution in [2.24, 2.45) is 0 Å². The van der Waals surface area contributed by atoms with Crippen LogP contribution in [-0.4, -0.2) is 4.57 Å². The molecule has 0 unspecified atom stereocenters. The zero-order valence-electron chi connectivity index (χ0n) is 30.7. The van der Waals surface area contributed by atoms with Gasteiger partial charge in [0.1, 0.15) is 0 Å². The smallest absolute Gasteiger partial charge is 0.0547 e. The molecule has 0 aliphatic carbocycles. The first-order chi connectivity index (χ1) is 27.8. The van der Waals surface area contributed by atoms with Crippen molar-refractivity contribution in [1.82, 2.24) is 4.57 Å². The number of anilines is 3. The lowest BCUT2D eigenvalue weighted by Gasteiger charge is -2.30. The molecule has 0 aliphatic rings. The van der Waals surface area contributed by atoms with Crippen molar-refractivity contribution in [3.05, 3.63) is 218 Å². The molecule has 0 atom stereocenters. The lowest BCUT2D eigenvalue weighted by atomic mass is 9.94. The summed E-state index contributed by atoms with van der Waals surface area (Å²) in [7, 11) is 0. The van der Waals surface area contributed by atoms with Crippen LogP contribution in [0.25, 0.3) is 82.1 Å². The average Bonchev–Trinajstić information content (AvgIpc) is 3.62. The quantitative estimate of drug-likeness (QED) is 0.156. The molecule has 0 fully saturated rings. The van der Waals surface area contributed by atoms with Gasteiger partial charge in [0, 0.05) is 32.8 Å². The third-order valence-electron chi connectivity index (χ3n) is 11.3. The molecule has 0 bridgehead atoms. The molecule has 0 N–H and O–H groups in total. The van der Waals surface area contributed by atoms with E-state index in [9.17, 15) is 0 Å². The molecule has 56 heavy (non-hydrogen) atoms. The predicted molar refractivity (Wildman–Crippen MR) is 239 cm³/mol. The summed E-state index contributed by atoms with van der Waals surface area (Å²) in [4.78, 5) is 2.49. The molecule has 2 heteroatoms. The van der Waals surface area contributed by atoms with Gasteiger partial charge in [-0.15, -0.1) is 0 Å². The maximum absolute atomic E-state index is 2.49. The van der Waals surface area contributed by atoms with Gasteiger partial charge < -0.3 is 9.47 Å². The van der Waals surface area contributed by atoms with Gasteiger partial charge in [0.05, 0.1) is 28.1 Å². The molecular weight excluding hydrogens is 677 g/mol. The van der Waals surface area contributed by atoms with Crippen LogP contribution in [0.15, 0.2) is 218 Å². The summed E-state index contributed by atoms with van der Waals surface area (Å²) in [6.45, 7) is 0. The summed E-state index contributed by atoms with van der Waals surface area (Å²) in [5, 5.41) is 9.86. The minimum atomic E-state index is 1.13. The van der Waals surface area contributed by atoms with Crippen LogP contribution in [0.5, 0.6) is 0 Å². The van der Waals surface area contributed by atoms with Crippen molar-refractivity contribution in [1.29, 1.82) is 0 Å². The van der Waals surface area contributed by atoms with Gasteiger partial charge in [-0.25, -0.2) is 0 Å². The van der Waals surface area contributed by atoms with E-state index in [-0.39, 0.29) is 0 Å². The summed E-state index contributed by atoms with van der Waals surface area (Å²) in [6, 6.07) is 79.5. The molecule has 0 spiro atoms. The zero-order chi connectivity index (χ0) is 37.0. The van der Waals surface area contributed by atoms with Crippen molar-refractivity contribution in [3.63, 3.8) is 0 Å². The summed E-state index contributed by atoms with van der Waals surface area (Å²) in [6.07, 6.45) is 0. The number of para-hydroxylation sites is 3. The summed E-state index contributed by atoms with van der Waals surface area (Å²) in [5.41, 5.74) is 11.7. The molecule has 2 nitrogen and oxygen atoms in total. The summed E-state index contributed by atoms with van der Waals surface area (Å²) < 4.78 is 2.39. The van der Waals surface area contributed by atoms with Crippen LogP contribution in [0.2, 0.25) is 0 Å². The van der Waals surface area contributed by atoms with E-state index in [1.807, 2.05) is 0 Å². The van der Waals surface area contributed by atoms with E-state index in [4.69, 9.17) is 0 Å². The molecule has 0 saturated carbocycles. The fourth-order valence-electron chi connectivity index (χ4n) is 8.89. The SMILES string of the molecule is c1ccc(-n2c3ccccc3c3c(-c4cccc(-c5ccccc5N(c5cccc6ccccc56)c5cc6ccccc6c6ccccc56)c4)cccc32)cc1. The number of hydrogen-bond acceptors (Lipinski definition) is 1. The first-order valence-electron chi connectivity index (χ1n) is 19.3. The van der Waals surface area contributed by atoms with Crippen molar-refractivity contribution in [3.8, 4) is 27.9 Å². The Bertz CT molecular complexity index is 3260. The Morgan fingerprint density at radius 3 is 1.71 bits per heavy atom. The summed E-state index contributed by atoms with van der Waals surface area (Å²) in [5.74, 6) is 0. The van der Waals surface area contributed by atoms with Gasteiger partial charge in [0.2, 0.25) is 0 Å². The maximum Gasteiger partial charge on any atom is 0.0547 e. The fraction of sp³-hybridized carbons (Fsp3) is 0. The highest BCUT2D eigenvalue weighted by atomic mass is 15.1. The highest BCUT2D eigenvalue weighted by Gasteiger charge is 2.23. The lowest BCUT2D eigenvalue weighted by molar-refractivity contribution is 1.18. The predicted octanol–water partition coefficient (Wildman–Crippen LogP) is 15.0. The Labute approximate surface area is 325 Å². The van der Waals surface area contributed by atoms with E-state index >= 15 is 0 Å². The lowest BCUT2D eigenvalue weighted by Crippen LogP contribution is -2.12. The minimum Gasteiger partial charge on any atom is -0.309 e. The van der Waals surface area contributed by atoms with Gasteiger partial charge in [-0.1, -0.05) is 170 Å². The standard InChI is InChI=1S/C54H36N2/c1-2-22-41(23-3-1)55-51-32-13-11-29-48(51)54-45(30-16-34-52(54)55)39-21-14-20-38(35-39)44-26-10-12-31-49(44)56(50-33-15-19-37-17-4-7-25-43(37)50)53-36-40-18-5-6-24-42(40)46-27-8-9-28-47(46)53/h1-36H. The number of fused-ring (bicyclic) bond motifs is 7. The number of nitrogens with zero attached hydrogens (tertiary/aromatic N) is 2. The van der Waals surface area contributed by atoms with E-state index in [0.29, 0.717) is 0 Å². The van der Waals surface area contributed by atoms with E-state index < -0.39 is 0 Å². The van der Waals surface area contributed by atoms with Crippen molar-refractivity contribution >= 4 is 71.2 Å². The monoisotopic (exact) mass is 712 g/mol. The van der Waals surface area contributed by atoms with Crippen LogP contribution in [0, 0.1) is 0 Å². The van der Waals surface area contributed by atoms with Crippen molar-refractivity contribution in [2.45, 2.75) is 0 Å². The molecule has 0 amide bonds. The normalized spacial score (nSPS) is 11.6. The average molecular weight is 713 g/mol. The molecule has 0 aliphatic heterocycles. The largest absolute Gasteiger partial charge is 0.309 e. The third kappa shape index (κ3) is 5.11. The Morgan fingerprint density at radius 2 is 0.857 bits per heavy atom. The van der Waals surface area contributed by atoms with Crippen molar-refractivity contribution in [2.75, 3.05) is 4.90 Å². The van der Waals surface area contributed by atoms with Gasteiger partial charge in [0.25, 0.3) is 0 Å². The number of benzene rings is 10. The van der Waals surface area contributed by atoms with Crippen LogP contribution >= 0.6 is 0 Å². The molecular formula is C54H36N2. The van der Waals surface area contributed by atoms with Gasteiger partial charge >= 0.3 is 0 Å².